The number of nitrogens with one attached hydrogen (secondary N) is 1. The standard InChI is InChI=1S/C30H33BN2O4/c1-29(2)30(3,4)37-31(36-29)22-17-21(18-32-19-22)11-9-10-16-33-28(34)35-20-27-25-14-7-5-12-23(25)24-13-6-8-15-26(24)27/h5-9,11-15,17-19,27H,10,16,20H2,1-4H3,(H,33,34). The second-order valence-electron chi connectivity index (χ2n) is 10.6. The maximum absolute atomic E-state index is 12.4. The average Bonchev–Trinajstić information content (AvgIpc) is 3.32. The first-order chi connectivity index (χ1) is 17.7. The minimum absolute atomic E-state index is 0.0572. The molecular formula is C30H33BN2O4. The minimum Gasteiger partial charge on any atom is -0.449 e. The molecule has 0 atom stereocenters. The van der Waals surface area contributed by atoms with Gasteiger partial charge in [0.1, 0.15) is 6.61 Å². The SMILES string of the molecule is CC1(C)OB(c2cncc(C=CCCNC(=O)OCC3c4ccccc4-c4ccccc43)c2)OC1(C)C. The predicted molar refractivity (Wildman–Crippen MR) is 147 cm³/mol. The lowest BCUT2D eigenvalue weighted by atomic mass is 9.80. The van der Waals surface area contributed by atoms with Crippen LogP contribution in [0.2, 0.25) is 0 Å². The van der Waals surface area contributed by atoms with Gasteiger partial charge in [0.05, 0.1) is 11.2 Å². The fourth-order valence-corrected chi connectivity index (χ4v) is 4.80. The van der Waals surface area contributed by atoms with Crippen molar-refractivity contribution in [2.45, 2.75) is 51.2 Å². The van der Waals surface area contributed by atoms with Crippen LogP contribution in [0.5, 0.6) is 0 Å². The molecular weight excluding hydrogens is 463 g/mol. The molecule has 1 fully saturated rings. The van der Waals surface area contributed by atoms with Gasteiger partial charge in [-0.25, -0.2) is 4.79 Å². The van der Waals surface area contributed by atoms with Crippen molar-refractivity contribution in [2.75, 3.05) is 13.2 Å². The molecule has 1 N–H and O–H groups in total. The van der Waals surface area contributed by atoms with Gasteiger partial charge in [0, 0.05) is 30.3 Å². The summed E-state index contributed by atoms with van der Waals surface area (Å²) in [6.45, 7) is 8.94. The molecule has 0 radical (unpaired) electrons. The zero-order valence-corrected chi connectivity index (χ0v) is 21.9. The van der Waals surface area contributed by atoms with Gasteiger partial charge in [-0.05, 0) is 61.9 Å². The van der Waals surface area contributed by atoms with Gasteiger partial charge in [-0.3, -0.25) is 4.98 Å². The number of hydrogen-bond acceptors (Lipinski definition) is 5. The number of hydrogen-bond donors (Lipinski definition) is 1. The Morgan fingerprint density at radius 1 is 1.00 bits per heavy atom. The van der Waals surface area contributed by atoms with E-state index in [-0.39, 0.29) is 5.92 Å². The van der Waals surface area contributed by atoms with Crippen LogP contribution in [0.15, 0.2) is 73.1 Å². The Morgan fingerprint density at radius 2 is 1.62 bits per heavy atom. The lowest BCUT2D eigenvalue weighted by Gasteiger charge is -2.32. The molecule has 5 rings (SSSR count). The van der Waals surface area contributed by atoms with Crippen molar-refractivity contribution in [1.82, 2.24) is 10.3 Å². The van der Waals surface area contributed by atoms with Crippen molar-refractivity contribution < 1.29 is 18.8 Å². The molecule has 1 aliphatic heterocycles. The van der Waals surface area contributed by atoms with Gasteiger partial charge in [-0.1, -0.05) is 66.7 Å². The smallest absolute Gasteiger partial charge is 0.449 e. The topological polar surface area (TPSA) is 69.7 Å². The first-order valence-electron chi connectivity index (χ1n) is 12.8. The molecule has 37 heavy (non-hydrogen) atoms. The Kier molecular flexibility index (Phi) is 6.93. The number of alkyl carbamates (subject to hydrolysis) is 1. The van der Waals surface area contributed by atoms with Crippen molar-refractivity contribution in [3.8, 4) is 11.1 Å². The number of nitrogens with zero attached hydrogens (tertiary/aromatic N) is 1. The molecule has 0 saturated carbocycles. The highest BCUT2D eigenvalue weighted by Crippen LogP contribution is 2.44. The fraction of sp³-hybridized carbons (Fsp3) is 0.333. The highest BCUT2D eigenvalue weighted by Gasteiger charge is 2.51. The molecule has 2 aliphatic rings. The number of amides is 1. The summed E-state index contributed by atoms with van der Waals surface area (Å²) in [5, 5.41) is 2.85. The number of carbonyl (C=O) groups excluding carboxylic acids is 1. The number of benzene rings is 2. The van der Waals surface area contributed by atoms with Gasteiger partial charge in [0.15, 0.2) is 0 Å². The van der Waals surface area contributed by atoms with Crippen LogP contribution in [-0.4, -0.2) is 42.5 Å². The van der Waals surface area contributed by atoms with Crippen LogP contribution in [0.4, 0.5) is 4.79 Å². The van der Waals surface area contributed by atoms with Gasteiger partial charge < -0.3 is 19.4 Å². The summed E-state index contributed by atoms with van der Waals surface area (Å²) < 4.78 is 17.8. The van der Waals surface area contributed by atoms with Gasteiger partial charge in [0.25, 0.3) is 0 Å². The molecule has 7 heteroatoms. The summed E-state index contributed by atoms with van der Waals surface area (Å²) >= 11 is 0. The highest BCUT2D eigenvalue weighted by atomic mass is 16.7. The van der Waals surface area contributed by atoms with E-state index in [2.05, 4.69) is 34.6 Å². The molecule has 1 aromatic heterocycles. The van der Waals surface area contributed by atoms with Crippen LogP contribution >= 0.6 is 0 Å². The van der Waals surface area contributed by atoms with Crippen molar-refractivity contribution in [3.63, 3.8) is 0 Å². The van der Waals surface area contributed by atoms with Crippen LogP contribution in [0.3, 0.4) is 0 Å². The third-order valence-electron chi connectivity index (χ3n) is 7.54. The monoisotopic (exact) mass is 496 g/mol. The lowest BCUT2D eigenvalue weighted by molar-refractivity contribution is 0.00578. The molecule has 1 aliphatic carbocycles. The zero-order chi connectivity index (χ0) is 26.0. The van der Waals surface area contributed by atoms with E-state index < -0.39 is 24.4 Å². The number of aromatic nitrogens is 1. The Bertz CT molecular complexity index is 1260. The molecule has 0 unspecified atom stereocenters. The van der Waals surface area contributed by atoms with Crippen molar-refractivity contribution >= 4 is 24.8 Å². The van der Waals surface area contributed by atoms with Gasteiger partial charge in [-0.2, -0.15) is 0 Å². The summed E-state index contributed by atoms with van der Waals surface area (Å²) in [6, 6.07) is 18.7. The number of carbonyl (C=O) groups is 1. The van der Waals surface area contributed by atoms with Crippen molar-refractivity contribution in [1.29, 1.82) is 0 Å². The van der Waals surface area contributed by atoms with E-state index in [1.807, 2.05) is 70.2 Å². The van der Waals surface area contributed by atoms with Crippen molar-refractivity contribution in [2.24, 2.45) is 0 Å². The predicted octanol–water partition coefficient (Wildman–Crippen LogP) is 5.32. The van der Waals surface area contributed by atoms with E-state index in [0.717, 1.165) is 11.0 Å². The number of ether oxygens (including phenoxy) is 1. The minimum atomic E-state index is -0.443. The first-order valence-corrected chi connectivity index (χ1v) is 12.8. The summed E-state index contributed by atoms with van der Waals surface area (Å²) in [7, 11) is -0.443. The van der Waals surface area contributed by atoms with Gasteiger partial charge >= 0.3 is 13.2 Å². The molecule has 0 spiro atoms. The Hall–Kier alpha value is -3.42. The third-order valence-corrected chi connectivity index (χ3v) is 7.54. The molecule has 1 amide bonds. The fourth-order valence-electron chi connectivity index (χ4n) is 4.80. The number of pyridine rings is 1. The third kappa shape index (κ3) is 5.20. The van der Waals surface area contributed by atoms with Gasteiger partial charge in [0.2, 0.25) is 0 Å². The summed E-state index contributed by atoms with van der Waals surface area (Å²) in [6.07, 6.45) is 7.84. The van der Waals surface area contributed by atoms with E-state index in [9.17, 15) is 4.79 Å². The van der Waals surface area contributed by atoms with Crippen LogP contribution in [0.25, 0.3) is 17.2 Å². The normalized spacial score (nSPS) is 17.6. The summed E-state index contributed by atoms with van der Waals surface area (Å²) in [4.78, 5) is 16.7. The maximum atomic E-state index is 12.4. The highest BCUT2D eigenvalue weighted by molar-refractivity contribution is 6.62. The van der Waals surface area contributed by atoms with Crippen LogP contribution in [0.1, 0.15) is 56.7 Å². The summed E-state index contributed by atoms with van der Waals surface area (Å²) in [5.74, 6) is 0.0572. The van der Waals surface area contributed by atoms with Crippen molar-refractivity contribution in [3.05, 3.63) is 89.8 Å². The Labute approximate surface area is 219 Å². The van der Waals surface area contributed by atoms with Crippen LogP contribution in [0, 0.1) is 0 Å². The van der Waals surface area contributed by atoms with E-state index in [0.29, 0.717) is 19.6 Å². The number of fused-ring (bicyclic) bond motifs is 3. The quantitative estimate of drug-likeness (QED) is 0.354. The van der Waals surface area contributed by atoms with Crippen LogP contribution < -0.4 is 10.8 Å². The Morgan fingerprint density at radius 3 is 2.27 bits per heavy atom. The second-order valence-corrected chi connectivity index (χ2v) is 10.6. The second kappa shape index (κ2) is 10.2. The molecule has 1 saturated heterocycles. The molecule has 6 nitrogen and oxygen atoms in total. The molecule has 2 heterocycles. The molecule has 190 valence electrons. The molecule has 3 aromatic rings. The maximum Gasteiger partial charge on any atom is 0.496 e. The summed E-state index contributed by atoms with van der Waals surface area (Å²) in [5.41, 5.74) is 5.89. The van der Waals surface area contributed by atoms with E-state index in [1.165, 1.54) is 22.3 Å². The molecule has 2 aromatic carbocycles. The van der Waals surface area contributed by atoms with E-state index in [4.69, 9.17) is 14.0 Å². The van der Waals surface area contributed by atoms with E-state index in [1.54, 1.807) is 12.4 Å². The Balaban J connectivity index is 1.10. The number of rotatable bonds is 7. The van der Waals surface area contributed by atoms with Crippen LogP contribution in [-0.2, 0) is 14.0 Å². The lowest BCUT2D eigenvalue weighted by Crippen LogP contribution is -2.41. The first kappa shape index (κ1) is 25.2. The average molecular weight is 496 g/mol. The van der Waals surface area contributed by atoms with Gasteiger partial charge in [-0.15, -0.1) is 0 Å². The van der Waals surface area contributed by atoms with E-state index >= 15 is 0 Å². The zero-order valence-electron chi connectivity index (χ0n) is 21.9. The molecule has 0 bridgehead atoms. The largest absolute Gasteiger partial charge is 0.496 e.